The van der Waals surface area contributed by atoms with Crippen molar-refractivity contribution >= 4 is 17.9 Å². The van der Waals surface area contributed by atoms with E-state index < -0.39 is 18.4 Å². The van der Waals surface area contributed by atoms with Gasteiger partial charge in [-0.1, -0.05) is 0 Å². The monoisotopic (exact) mass is 273 g/mol. The van der Waals surface area contributed by atoms with E-state index in [4.69, 9.17) is 9.84 Å². The fourth-order valence-corrected chi connectivity index (χ4v) is 1.89. The molecule has 108 valence electrons. The zero-order chi connectivity index (χ0) is 14.3. The zero-order valence-corrected chi connectivity index (χ0v) is 10.8. The second kappa shape index (κ2) is 7.57. The maximum Gasteiger partial charge on any atom is 0.322 e. The van der Waals surface area contributed by atoms with E-state index in [-0.39, 0.29) is 12.6 Å². The van der Waals surface area contributed by atoms with E-state index in [0.717, 1.165) is 6.42 Å². The van der Waals surface area contributed by atoms with Gasteiger partial charge in [0, 0.05) is 26.1 Å². The molecule has 1 atom stereocenters. The van der Waals surface area contributed by atoms with Crippen LogP contribution in [0.15, 0.2) is 0 Å². The molecule has 1 aliphatic heterocycles. The van der Waals surface area contributed by atoms with Crippen LogP contribution in [0.2, 0.25) is 0 Å². The topological polar surface area (TPSA) is 108 Å². The fraction of sp³-hybridized carbons (Fsp3) is 0.727. The molecule has 0 aromatic carbocycles. The third-order valence-corrected chi connectivity index (χ3v) is 2.81. The predicted molar refractivity (Wildman–Crippen MR) is 65.6 cm³/mol. The van der Waals surface area contributed by atoms with Gasteiger partial charge in [-0.15, -0.1) is 0 Å². The van der Waals surface area contributed by atoms with Gasteiger partial charge in [0.2, 0.25) is 5.91 Å². The van der Waals surface area contributed by atoms with Crippen molar-refractivity contribution in [2.45, 2.75) is 6.42 Å². The minimum atomic E-state index is -1.12. The highest BCUT2D eigenvalue weighted by Gasteiger charge is 2.26. The lowest BCUT2D eigenvalue weighted by Gasteiger charge is -2.17. The van der Waals surface area contributed by atoms with Crippen molar-refractivity contribution in [2.75, 3.05) is 39.9 Å². The highest BCUT2D eigenvalue weighted by atomic mass is 16.5. The number of carbonyl (C=O) groups excluding carboxylic acids is 2. The molecule has 3 N–H and O–H groups in total. The summed E-state index contributed by atoms with van der Waals surface area (Å²) in [4.78, 5) is 34.8. The minimum Gasteiger partial charge on any atom is -0.480 e. The average molecular weight is 273 g/mol. The second-order valence-electron chi connectivity index (χ2n) is 4.39. The third kappa shape index (κ3) is 5.56. The molecule has 1 heterocycles. The Labute approximate surface area is 111 Å². The molecular weight excluding hydrogens is 254 g/mol. The SMILES string of the molecule is COCC1CCN(C(=O)NCC(=O)NCC(=O)O)C1. The van der Waals surface area contributed by atoms with Crippen LogP contribution in [0.3, 0.4) is 0 Å². The van der Waals surface area contributed by atoms with Crippen LogP contribution in [-0.4, -0.2) is 67.8 Å². The maximum atomic E-state index is 11.7. The Morgan fingerprint density at radius 2 is 2.05 bits per heavy atom. The number of aliphatic carboxylic acids is 1. The lowest BCUT2D eigenvalue weighted by molar-refractivity contribution is -0.137. The molecule has 0 bridgehead atoms. The molecule has 0 spiro atoms. The molecule has 8 heteroatoms. The molecule has 19 heavy (non-hydrogen) atoms. The van der Waals surface area contributed by atoms with Gasteiger partial charge >= 0.3 is 12.0 Å². The van der Waals surface area contributed by atoms with Crippen molar-refractivity contribution in [1.29, 1.82) is 0 Å². The number of carbonyl (C=O) groups is 3. The smallest absolute Gasteiger partial charge is 0.322 e. The highest BCUT2D eigenvalue weighted by molar-refractivity contribution is 5.86. The summed E-state index contributed by atoms with van der Waals surface area (Å²) in [5, 5.41) is 13.0. The molecule has 0 aromatic rings. The van der Waals surface area contributed by atoms with Gasteiger partial charge in [0.25, 0.3) is 0 Å². The van der Waals surface area contributed by atoms with Gasteiger partial charge in [0.15, 0.2) is 0 Å². The van der Waals surface area contributed by atoms with Crippen LogP contribution < -0.4 is 10.6 Å². The molecule has 1 unspecified atom stereocenters. The van der Waals surface area contributed by atoms with Gasteiger partial charge in [-0.05, 0) is 6.42 Å². The van der Waals surface area contributed by atoms with Gasteiger partial charge in [-0.3, -0.25) is 9.59 Å². The van der Waals surface area contributed by atoms with Crippen LogP contribution in [0.4, 0.5) is 4.79 Å². The number of carboxylic acid groups (broad SMARTS) is 1. The summed E-state index contributed by atoms with van der Waals surface area (Å²) in [6.07, 6.45) is 0.881. The van der Waals surface area contributed by atoms with Crippen molar-refractivity contribution in [3.8, 4) is 0 Å². The normalized spacial score (nSPS) is 18.2. The summed E-state index contributed by atoms with van der Waals surface area (Å²) in [6, 6.07) is -0.316. The Balaban J connectivity index is 2.21. The fourth-order valence-electron chi connectivity index (χ4n) is 1.89. The number of nitrogens with zero attached hydrogens (tertiary/aromatic N) is 1. The predicted octanol–water partition coefficient (Wildman–Crippen LogP) is -1.13. The summed E-state index contributed by atoms with van der Waals surface area (Å²) < 4.78 is 5.03. The molecule has 1 fully saturated rings. The zero-order valence-electron chi connectivity index (χ0n) is 10.8. The molecular formula is C11H19N3O5. The van der Waals surface area contributed by atoms with Crippen molar-refractivity contribution in [2.24, 2.45) is 5.92 Å². The van der Waals surface area contributed by atoms with Gasteiger partial charge in [-0.2, -0.15) is 0 Å². The third-order valence-electron chi connectivity index (χ3n) is 2.81. The van der Waals surface area contributed by atoms with E-state index in [9.17, 15) is 14.4 Å². The highest BCUT2D eigenvalue weighted by Crippen LogP contribution is 2.15. The molecule has 1 rings (SSSR count). The summed E-state index contributed by atoms with van der Waals surface area (Å²) in [7, 11) is 1.62. The first-order valence-electron chi connectivity index (χ1n) is 6.03. The summed E-state index contributed by atoms with van der Waals surface area (Å²) >= 11 is 0. The Morgan fingerprint density at radius 1 is 1.32 bits per heavy atom. The number of carboxylic acids is 1. The average Bonchev–Trinajstić information content (AvgIpc) is 2.82. The second-order valence-corrected chi connectivity index (χ2v) is 4.39. The molecule has 0 saturated carbocycles. The number of urea groups is 1. The molecule has 8 nitrogen and oxygen atoms in total. The quantitative estimate of drug-likeness (QED) is 0.567. The Kier molecular flexibility index (Phi) is 6.07. The van der Waals surface area contributed by atoms with Gasteiger partial charge in [0.05, 0.1) is 13.2 Å². The van der Waals surface area contributed by atoms with Crippen LogP contribution in [-0.2, 0) is 14.3 Å². The lowest BCUT2D eigenvalue weighted by Crippen LogP contribution is -2.44. The minimum absolute atomic E-state index is 0.225. The molecule has 1 saturated heterocycles. The van der Waals surface area contributed by atoms with E-state index in [1.54, 1.807) is 12.0 Å². The van der Waals surface area contributed by atoms with E-state index in [0.29, 0.717) is 25.6 Å². The standard InChI is InChI=1S/C11H19N3O5/c1-19-7-8-2-3-14(6-8)11(18)13-4-9(15)12-5-10(16)17/h8H,2-7H2,1H3,(H,12,15)(H,13,18)(H,16,17). The van der Waals surface area contributed by atoms with E-state index >= 15 is 0 Å². The first-order chi connectivity index (χ1) is 9.02. The molecule has 0 aliphatic carbocycles. The Bertz CT molecular complexity index is 347. The van der Waals surface area contributed by atoms with Gasteiger partial charge < -0.3 is 25.4 Å². The summed E-state index contributed by atoms with van der Waals surface area (Å²) in [5.74, 6) is -1.32. The van der Waals surface area contributed by atoms with E-state index in [1.165, 1.54) is 0 Å². The van der Waals surface area contributed by atoms with Gasteiger partial charge in [-0.25, -0.2) is 4.79 Å². The Hall–Kier alpha value is -1.83. The van der Waals surface area contributed by atoms with Gasteiger partial charge in [0.1, 0.15) is 6.54 Å². The number of hydrogen-bond donors (Lipinski definition) is 3. The summed E-state index contributed by atoms with van der Waals surface area (Å²) in [6.45, 7) is 1.18. The van der Waals surface area contributed by atoms with Crippen molar-refractivity contribution in [1.82, 2.24) is 15.5 Å². The van der Waals surface area contributed by atoms with Crippen molar-refractivity contribution < 1.29 is 24.2 Å². The number of hydrogen-bond acceptors (Lipinski definition) is 4. The van der Waals surface area contributed by atoms with Crippen LogP contribution in [0.5, 0.6) is 0 Å². The first kappa shape index (κ1) is 15.2. The number of ether oxygens (including phenoxy) is 1. The number of rotatable bonds is 6. The van der Waals surface area contributed by atoms with E-state index in [2.05, 4.69) is 10.6 Å². The Morgan fingerprint density at radius 3 is 2.68 bits per heavy atom. The number of amides is 3. The summed E-state index contributed by atoms with van der Waals surface area (Å²) in [5.41, 5.74) is 0. The first-order valence-corrected chi connectivity index (χ1v) is 6.03. The largest absolute Gasteiger partial charge is 0.480 e. The van der Waals surface area contributed by atoms with Crippen LogP contribution in [0.25, 0.3) is 0 Å². The number of methoxy groups -OCH3 is 1. The van der Waals surface area contributed by atoms with Crippen LogP contribution >= 0.6 is 0 Å². The number of likely N-dealkylation sites (tertiary alicyclic amines) is 1. The molecule has 1 aliphatic rings. The maximum absolute atomic E-state index is 11.7. The van der Waals surface area contributed by atoms with Crippen molar-refractivity contribution in [3.63, 3.8) is 0 Å². The lowest BCUT2D eigenvalue weighted by atomic mass is 10.1. The van der Waals surface area contributed by atoms with Crippen molar-refractivity contribution in [3.05, 3.63) is 0 Å². The van der Waals surface area contributed by atoms with Crippen LogP contribution in [0.1, 0.15) is 6.42 Å². The van der Waals surface area contributed by atoms with Crippen LogP contribution in [0, 0.1) is 5.92 Å². The van der Waals surface area contributed by atoms with E-state index in [1.807, 2.05) is 0 Å². The molecule has 3 amide bonds. The molecule has 0 radical (unpaired) electrons. The molecule has 0 aromatic heterocycles. The number of nitrogens with one attached hydrogen (secondary N) is 2.